The first kappa shape index (κ1) is 16.1. The predicted molar refractivity (Wildman–Crippen MR) is 95.2 cm³/mol. The van der Waals surface area contributed by atoms with E-state index in [0.29, 0.717) is 19.5 Å². The molecule has 0 atom stereocenters. The van der Waals surface area contributed by atoms with Gasteiger partial charge in [0.25, 0.3) is 0 Å². The molecular formula is C19H21N3O2. The number of hydrogen-bond donors (Lipinski definition) is 2. The Hall–Kier alpha value is -2.82. The van der Waals surface area contributed by atoms with Gasteiger partial charge in [-0.2, -0.15) is 0 Å². The lowest BCUT2D eigenvalue weighted by atomic mass is 10.1. The third-order valence-electron chi connectivity index (χ3n) is 4.00. The first-order valence-corrected chi connectivity index (χ1v) is 8.08. The Kier molecular flexibility index (Phi) is 4.79. The number of nitrogens with zero attached hydrogens (tertiary/aromatic N) is 1. The van der Waals surface area contributed by atoms with Crippen LogP contribution in [0.25, 0.3) is 0 Å². The van der Waals surface area contributed by atoms with E-state index in [-0.39, 0.29) is 11.8 Å². The second-order valence-corrected chi connectivity index (χ2v) is 6.00. The minimum atomic E-state index is -0.0606. The Morgan fingerprint density at radius 2 is 2.04 bits per heavy atom. The largest absolute Gasteiger partial charge is 0.359 e. The van der Waals surface area contributed by atoms with Crippen LogP contribution in [0, 0.1) is 6.92 Å². The monoisotopic (exact) mass is 323 g/mol. The van der Waals surface area contributed by atoms with Crippen LogP contribution in [0.5, 0.6) is 0 Å². The van der Waals surface area contributed by atoms with Crippen molar-refractivity contribution in [1.29, 1.82) is 0 Å². The van der Waals surface area contributed by atoms with Gasteiger partial charge in [-0.05, 0) is 24.6 Å². The van der Waals surface area contributed by atoms with E-state index in [9.17, 15) is 9.59 Å². The van der Waals surface area contributed by atoms with Gasteiger partial charge in [0.1, 0.15) is 0 Å². The molecule has 1 aliphatic heterocycles. The second kappa shape index (κ2) is 7.17. The van der Waals surface area contributed by atoms with Gasteiger partial charge in [0.2, 0.25) is 11.8 Å². The van der Waals surface area contributed by atoms with Gasteiger partial charge in [0.05, 0.1) is 24.3 Å². The number of amides is 2. The lowest BCUT2D eigenvalue weighted by molar-refractivity contribution is -0.120. The molecule has 1 heterocycles. The van der Waals surface area contributed by atoms with Gasteiger partial charge >= 0.3 is 0 Å². The number of nitrogens with one attached hydrogen (secondary N) is 2. The number of benzene rings is 2. The van der Waals surface area contributed by atoms with Gasteiger partial charge in [-0.25, -0.2) is 0 Å². The molecule has 24 heavy (non-hydrogen) atoms. The maximum atomic E-state index is 12.4. The Morgan fingerprint density at radius 1 is 1.21 bits per heavy atom. The summed E-state index contributed by atoms with van der Waals surface area (Å²) < 4.78 is 0. The van der Waals surface area contributed by atoms with Crippen molar-refractivity contribution in [3.63, 3.8) is 0 Å². The highest BCUT2D eigenvalue weighted by Crippen LogP contribution is 2.26. The molecule has 2 N–H and O–H groups in total. The standard InChI is InChI=1S/C19H21N3O2/c1-14-5-4-6-15(11-14)12-18(23)21-16-7-2-3-8-17(16)22-10-9-20-19(24)13-22/h2-8,11H,9-10,12-13H2,1H3,(H,20,24)(H,21,23). The van der Waals surface area contributed by atoms with Crippen molar-refractivity contribution in [1.82, 2.24) is 5.32 Å². The average molecular weight is 323 g/mol. The third kappa shape index (κ3) is 3.93. The molecule has 1 saturated heterocycles. The number of anilines is 2. The smallest absolute Gasteiger partial charge is 0.239 e. The maximum absolute atomic E-state index is 12.4. The van der Waals surface area contributed by atoms with Crippen molar-refractivity contribution < 1.29 is 9.59 Å². The lowest BCUT2D eigenvalue weighted by Gasteiger charge is -2.30. The van der Waals surface area contributed by atoms with E-state index in [2.05, 4.69) is 10.6 Å². The maximum Gasteiger partial charge on any atom is 0.239 e. The number of piperazine rings is 1. The molecule has 2 aromatic carbocycles. The normalized spacial score (nSPS) is 14.2. The van der Waals surface area contributed by atoms with Crippen molar-refractivity contribution in [3.8, 4) is 0 Å². The van der Waals surface area contributed by atoms with E-state index >= 15 is 0 Å². The van der Waals surface area contributed by atoms with Crippen LogP contribution >= 0.6 is 0 Å². The highest BCUT2D eigenvalue weighted by atomic mass is 16.2. The Morgan fingerprint density at radius 3 is 2.83 bits per heavy atom. The number of hydrogen-bond acceptors (Lipinski definition) is 3. The van der Waals surface area contributed by atoms with Crippen LogP contribution in [0.4, 0.5) is 11.4 Å². The molecule has 2 aromatic rings. The number of rotatable bonds is 4. The Labute approximate surface area is 141 Å². The highest BCUT2D eigenvalue weighted by molar-refractivity contribution is 5.96. The molecule has 3 rings (SSSR count). The van der Waals surface area contributed by atoms with Crippen LogP contribution in [0.1, 0.15) is 11.1 Å². The summed E-state index contributed by atoms with van der Waals surface area (Å²) in [6, 6.07) is 15.5. The number of carbonyl (C=O) groups is 2. The van der Waals surface area contributed by atoms with Gasteiger partial charge < -0.3 is 15.5 Å². The lowest BCUT2D eigenvalue weighted by Crippen LogP contribution is -2.47. The average Bonchev–Trinajstić information content (AvgIpc) is 2.55. The minimum Gasteiger partial charge on any atom is -0.359 e. The van der Waals surface area contributed by atoms with Crippen molar-refractivity contribution in [2.75, 3.05) is 29.9 Å². The summed E-state index contributed by atoms with van der Waals surface area (Å²) >= 11 is 0. The summed E-state index contributed by atoms with van der Waals surface area (Å²) in [5.41, 5.74) is 3.75. The minimum absolute atomic E-state index is 0.00198. The van der Waals surface area contributed by atoms with Crippen molar-refractivity contribution in [3.05, 3.63) is 59.7 Å². The van der Waals surface area contributed by atoms with Gasteiger partial charge in [0, 0.05) is 13.1 Å². The van der Waals surface area contributed by atoms with Crippen LogP contribution in [-0.4, -0.2) is 31.4 Å². The fraction of sp³-hybridized carbons (Fsp3) is 0.263. The van der Waals surface area contributed by atoms with Gasteiger partial charge in [-0.3, -0.25) is 9.59 Å². The SMILES string of the molecule is Cc1cccc(CC(=O)Nc2ccccc2N2CCNC(=O)C2)c1. The molecule has 5 nitrogen and oxygen atoms in total. The van der Waals surface area contributed by atoms with Crippen LogP contribution < -0.4 is 15.5 Å². The summed E-state index contributed by atoms with van der Waals surface area (Å²) in [5.74, 6) is -0.0587. The topological polar surface area (TPSA) is 61.4 Å². The van der Waals surface area contributed by atoms with Crippen LogP contribution in [0.15, 0.2) is 48.5 Å². The fourth-order valence-electron chi connectivity index (χ4n) is 2.90. The van der Waals surface area contributed by atoms with Crippen LogP contribution in [0.3, 0.4) is 0 Å². The van der Waals surface area contributed by atoms with Crippen molar-refractivity contribution in [2.24, 2.45) is 0 Å². The zero-order valence-electron chi connectivity index (χ0n) is 13.7. The van der Waals surface area contributed by atoms with Crippen molar-refractivity contribution in [2.45, 2.75) is 13.3 Å². The van der Waals surface area contributed by atoms with Crippen LogP contribution in [-0.2, 0) is 16.0 Å². The van der Waals surface area contributed by atoms with Crippen molar-refractivity contribution >= 4 is 23.2 Å². The molecule has 0 bridgehead atoms. The summed E-state index contributed by atoms with van der Waals surface area (Å²) in [5, 5.41) is 5.79. The molecule has 1 fully saturated rings. The zero-order valence-corrected chi connectivity index (χ0v) is 13.7. The number of para-hydroxylation sites is 2. The van der Waals surface area contributed by atoms with E-state index in [1.54, 1.807) is 0 Å². The quantitative estimate of drug-likeness (QED) is 0.906. The summed E-state index contributed by atoms with van der Waals surface area (Å²) in [4.78, 5) is 26.0. The van der Waals surface area contributed by atoms with E-state index in [1.807, 2.05) is 60.4 Å². The predicted octanol–water partition coefficient (Wildman–Crippen LogP) is 2.11. The summed E-state index contributed by atoms with van der Waals surface area (Å²) in [6.07, 6.45) is 0.330. The first-order chi connectivity index (χ1) is 11.6. The Balaban J connectivity index is 1.73. The molecule has 124 valence electrons. The summed E-state index contributed by atoms with van der Waals surface area (Å²) in [6.45, 7) is 3.67. The molecule has 0 saturated carbocycles. The zero-order chi connectivity index (χ0) is 16.9. The van der Waals surface area contributed by atoms with E-state index in [1.165, 1.54) is 0 Å². The molecule has 5 heteroatoms. The molecule has 0 aromatic heterocycles. The summed E-state index contributed by atoms with van der Waals surface area (Å²) in [7, 11) is 0. The molecule has 0 aliphatic carbocycles. The van der Waals surface area contributed by atoms with Gasteiger partial charge in [0.15, 0.2) is 0 Å². The molecular weight excluding hydrogens is 302 g/mol. The second-order valence-electron chi connectivity index (χ2n) is 6.00. The van der Waals surface area contributed by atoms with Gasteiger partial charge in [-0.1, -0.05) is 42.0 Å². The van der Waals surface area contributed by atoms with Crippen LogP contribution in [0.2, 0.25) is 0 Å². The Bertz CT molecular complexity index is 758. The third-order valence-corrected chi connectivity index (χ3v) is 4.00. The number of aryl methyl sites for hydroxylation is 1. The molecule has 1 aliphatic rings. The van der Waals surface area contributed by atoms with E-state index in [0.717, 1.165) is 29.0 Å². The van der Waals surface area contributed by atoms with E-state index in [4.69, 9.17) is 0 Å². The van der Waals surface area contributed by atoms with Gasteiger partial charge in [-0.15, -0.1) is 0 Å². The fourth-order valence-corrected chi connectivity index (χ4v) is 2.90. The molecule has 2 amide bonds. The van der Waals surface area contributed by atoms with E-state index < -0.39 is 0 Å². The molecule has 0 spiro atoms. The molecule has 0 unspecified atom stereocenters. The number of carbonyl (C=O) groups excluding carboxylic acids is 2. The first-order valence-electron chi connectivity index (χ1n) is 8.08. The molecule has 0 radical (unpaired) electrons. The highest BCUT2D eigenvalue weighted by Gasteiger charge is 2.19.